The van der Waals surface area contributed by atoms with Crippen molar-refractivity contribution < 1.29 is 52.1 Å². The Kier molecular flexibility index (Phi) is 35.6. The summed E-state index contributed by atoms with van der Waals surface area (Å²) in [5.41, 5.74) is 0. The zero-order valence-corrected chi connectivity index (χ0v) is 23.7. The zero-order chi connectivity index (χ0) is 27.5. The molecular weight excluding hydrogens is 500 g/mol. The van der Waals surface area contributed by atoms with Crippen LogP contribution >= 0.6 is 0 Å². The Balaban J connectivity index is 3.01. The molecule has 228 valence electrons. The molecule has 0 aliphatic heterocycles. The second kappa shape index (κ2) is 36.3. The molecule has 0 saturated heterocycles. The van der Waals surface area contributed by atoms with Crippen LogP contribution in [0.4, 0.5) is 0 Å². The minimum Gasteiger partial charge on any atom is -0.379 e. The molecule has 0 heterocycles. The normalized spacial score (nSPS) is 11.4. The van der Waals surface area contributed by atoms with Gasteiger partial charge in [0.25, 0.3) is 0 Å². The van der Waals surface area contributed by atoms with Crippen LogP contribution < -0.4 is 0 Å². The van der Waals surface area contributed by atoms with Crippen LogP contribution in [-0.2, 0) is 52.1 Å². The van der Waals surface area contributed by atoms with Gasteiger partial charge in [-0.3, -0.25) is 0 Å². The van der Waals surface area contributed by atoms with E-state index >= 15 is 0 Å². The van der Waals surface area contributed by atoms with Crippen LogP contribution in [0.5, 0.6) is 0 Å². The zero-order valence-electron chi connectivity index (χ0n) is 23.7. The lowest BCUT2D eigenvalue weighted by atomic mass is 10.4. The van der Waals surface area contributed by atoms with Crippen LogP contribution in [0.3, 0.4) is 0 Å². The topological polar surface area (TPSA) is 102 Å². The van der Waals surface area contributed by atoms with E-state index in [2.05, 4.69) is 13.5 Å². The largest absolute Gasteiger partial charge is 0.379 e. The van der Waals surface area contributed by atoms with Gasteiger partial charge in [-0.25, -0.2) is 0 Å². The van der Waals surface area contributed by atoms with Crippen molar-refractivity contribution in [3.63, 3.8) is 0 Å². The third kappa shape index (κ3) is 35.3. The maximum absolute atomic E-state index is 5.46. The predicted octanol–water partition coefficient (Wildman–Crippen LogP) is 2.16. The van der Waals surface area contributed by atoms with Crippen molar-refractivity contribution in [1.82, 2.24) is 0 Å². The molecule has 0 amide bonds. The van der Waals surface area contributed by atoms with E-state index in [1.807, 2.05) is 0 Å². The molecule has 0 saturated carbocycles. The highest BCUT2D eigenvalue weighted by Crippen LogP contribution is 1.89. The molecule has 0 aromatic rings. The Morgan fingerprint density at radius 3 is 0.763 bits per heavy atom. The summed E-state index contributed by atoms with van der Waals surface area (Å²) >= 11 is 0. The molecular formula is C27H54O11. The van der Waals surface area contributed by atoms with Gasteiger partial charge in [-0.2, -0.15) is 0 Å². The third-order valence-corrected chi connectivity index (χ3v) is 4.60. The molecule has 0 aliphatic carbocycles. The monoisotopic (exact) mass is 554 g/mol. The molecule has 0 aromatic heterocycles. The predicted molar refractivity (Wildman–Crippen MR) is 144 cm³/mol. The summed E-state index contributed by atoms with van der Waals surface area (Å²) in [5.74, 6) is 0. The van der Waals surface area contributed by atoms with Crippen LogP contribution in [0.15, 0.2) is 12.7 Å². The van der Waals surface area contributed by atoms with Gasteiger partial charge in [0.15, 0.2) is 0 Å². The van der Waals surface area contributed by atoms with Crippen LogP contribution in [0.2, 0.25) is 0 Å². The van der Waals surface area contributed by atoms with Gasteiger partial charge in [0, 0.05) is 6.61 Å². The van der Waals surface area contributed by atoms with E-state index < -0.39 is 0 Å². The van der Waals surface area contributed by atoms with E-state index in [0.717, 1.165) is 19.4 Å². The van der Waals surface area contributed by atoms with Gasteiger partial charge in [-0.1, -0.05) is 19.4 Å². The van der Waals surface area contributed by atoms with E-state index in [0.29, 0.717) is 139 Å². The highest BCUT2D eigenvalue weighted by Gasteiger charge is 1.96. The van der Waals surface area contributed by atoms with Crippen molar-refractivity contribution in [2.24, 2.45) is 0 Å². The van der Waals surface area contributed by atoms with Crippen molar-refractivity contribution in [2.45, 2.75) is 19.8 Å². The van der Waals surface area contributed by atoms with Crippen LogP contribution in [-0.4, -0.2) is 145 Å². The molecule has 0 rings (SSSR count). The molecule has 0 radical (unpaired) electrons. The number of ether oxygens (including phenoxy) is 11. The molecule has 0 unspecified atom stereocenters. The average molecular weight is 555 g/mol. The Morgan fingerprint density at radius 2 is 0.553 bits per heavy atom. The number of hydrogen-bond donors (Lipinski definition) is 0. The molecule has 0 aliphatic rings. The Labute approximate surface area is 230 Å². The molecule has 0 N–H and O–H groups in total. The SMILES string of the molecule is C=CCOCCOCCOCCOCCOCCOCCOCCOCCOCCOCCOCCCC. The van der Waals surface area contributed by atoms with Crippen molar-refractivity contribution in [3.05, 3.63) is 12.7 Å². The van der Waals surface area contributed by atoms with Gasteiger partial charge in [-0.15, -0.1) is 6.58 Å². The second-order valence-corrected chi connectivity index (χ2v) is 7.84. The molecule has 11 nitrogen and oxygen atoms in total. The van der Waals surface area contributed by atoms with Crippen molar-refractivity contribution >= 4 is 0 Å². The Morgan fingerprint density at radius 1 is 0.342 bits per heavy atom. The van der Waals surface area contributed by atoms with Gasteiger partial charge in [-0.05, 0) is 6.42 Å². The van der Waals surface area contributed by atoms with Gasteiger partial charge < -0.3 is 52.1 Å². The van der Waals surface area contributed by atoms with Gasteiger partial charge in [0.2, 0.25) is 0 Å². The first-order valence-corrected chi connectivity index (χ1v) is 13.9. The molecule has 0 spiro atoms. The number of rotatable bonds is 35. The van der Waals surface area contributed by atoms with Crippen LogP contribution in [0.25, 0.3) is 0 Å². The molecule has 0 fully saturated rings. The third-order valence-electron chi connectivity index (χ3n) is 4.60. The summed E-state index contributed by atoms with van der Waals surface area (Å²) in [7, 11) is 0. The van der Waals surface area contributed by atoms with Crippen molar-refractivity contribution in [2.75, 3.05) is 145 Å². The summed E-state index contributed by atoms with van der Waals surface area (Å²) in [5, 5.41) is 0. The summed E-state index contributed by atoms with van der Waals surface area (Å²) in [4.78, 5) is 0. The minimum absolute atomic E-state index is 0.522. The van der Waals surface area contributed by atoms with Crippen molar-refractivity contribution in [3.8, 4) is 0 Å². The fraction of sp³-hybridized carbons (Fsp3) is 0.926. The first kappa shape index (κ1) is 37.3. The smallest absolute Gasteiger partial charge is 0.0704 e. The maximum atomic E-state index is 5.46. The summed E-state index contributed by atoms with van der Waals surface area (Å²) in [6, 6.07) is 0. The lowest BCUT2D eigenvalue weighted by Gasteiger charge is -2.09. The molecule has 11 heteroatoms. The lowest BCUT2D eigenvalue weighted by molar-refractivity contribution is -0.0273. The second-order valence-electron chi connectivity index (χ2n) is 7.84. The van der Waals surface area contributed by atoms with Crippen LogP contribution in [0, 0.1) is 0 Å². The van der Waals surface area contributed by atoms with E-state index in [1.165, 1.54) is 0 Å². The maximum Gasteiger partial charge on any atom is 0.0704 e. The molecule has 0 atom stereocenters. The van der Waals surface area contributed by atoms with Crippen LogP contribution in [0.1, 0.15) is 19.8 Å². The quantitative estimate of drug-likeness (QED) is 0.0851. The van der Waals surface area contributed by atoms with Gasteiger partial charge in [0.1, 0.15) is 0 Å². The van der Waals surface area contributed by atoms with Gasteiger partial charge >= 0.3 is 0 Å². The lowest BCUT2D eigenvalue weighted by Crippen LogP contribution is -2.15. The first-order valence-electron chi connectivity index (χ1n) is 13.9. The first-order chi connectivity index (χ1) is 18.9. The van der Waals surface area contributed by atoms with E-state index in [-0.39, 0.29) is 0 Å². The standard InChI is InChI=1S/C27H54O11/c1-3-5-7-29-9-11-31-13-15-33-17-19-35-21-23-37-25-27-38-26-24-36-22-20-34-18-16-32-14-12-30-10-8-28-6-4-2/h4H,2-3,5-27H2,1H3. The Hall–Kier alpha value is -0.700. The number of unbranched alkanes of at least 4 members (excludes halogenated alkanes) is 1. The minimum atomic E-state index is 0.522. The van der Waals surface area contributed by atoms with E-state index in [1.54, 1.807) is 6.08 Å². The van der Waals surface area contributed by atoms with Gasteiger partial charge in [0.05, 0.1) is 139 Å². The highest BCUT2D eigenvalue weighted by atomic mass is 16.6. The summed E-state index contributed by atoms with van der Waals surface area (Å²) in [6.07, 6.45) is 3.96. The summed E-state index contributed by atoms with van der Waals surface area (Å²) in [6.45, 7) is 18.0. The van der Waals surface area contributed by atoms with E-state index in [9.17, 15) is 0 Å². The highest BCUT2D eigenvalue weighted by molar-refractivity contribution is 4.63. The number of hydrogen-bond acceptors (Lipinski definition) is 11. The average Bonchev–Trinajstić information content (AvgIpc) is 2.93. The fourth-order valence-corrected chi connectivity index (χ4v) is 2.61. The fourth-order valence-electron chi connectivity index (χ4n) is 2.61. The summed E-state index contributed by atoms with van der Waals surface area (Å²) < 4.78 is 59.5. The molecule has 0 aromatic carbocycles. The molecule has 0 bridgehead atoms. The molecule has 38 heavy (non-hydrogen) atoms. The van der Waals surface area contributed by atoms with Crippen molar-refractivity contribution in [1.29, 1.82) is 0 Å². The Bertz CT molecular complexity index is 430. The van der Waals surface area contributed by atoms with E-state index in [4.69, 9.17) is 52.1 Å².